The number of unbranched alkanes of at least 4 members (excludes halogenated alkanes) is 1. The summed E-state index contributed by atoms with van der Waals surface area (Å²) in [7, 11) is 0. The maximum Gasteiger partial charge on any atom is 0.326 e. The van der Waals surface area contributed by atoms with E-state index < -0.39 is 97.0 Å². The van der Waals surface area contributed by atoms with E-state index in [-0.39, 0.29) is 19.3 Å². The van der Waals surface area contributed by atoms with Crippen LogP contribution in [0, 0.1) is 0 Å². The second kappa shape index (κ2) is 18.3. The number of nitrogens with one attached hydrogen (secondary N) is 4. The van der Waals surface area contributed by atoms with Gasteiger partial charge in [0.05, 0.1) is 6.61 Å². The second-order valence-electron chi connectivity index (χ2n) is 10.2. The SMILES string of the molecule is CC(=O)N[C@H]1C(O)O[C@H](CO)[C@@H](O)[C@@H]1O[C@H](C)C(=O)N[C@@H](C)C(=O)N[C@H](CCC(=O)N[C@@H](CCCCN)C(=O)O)C(N)=O. The average Bonchev–Trinajstić information content (AvgIpc) is 2.93. The molecule has 0 bridgehead atoms. The van der Waals surface area contributed by atoms with Crippen molar-refractivity contribution in [3.8, 4) is 0 Å². The molecule has 246 valence electrons. The van der Waals surface area contributed by atoms with Gasteiger partial charge in [-0.1, -0.05) is 0 Å². The molecule has 18 nitrogen and oxygen atoms in total. The molecule has 5 amide bonds. The van der Waals surface area contributed by atoms with Crippen LogP contribution in [0.5, 0.6) is 0 Å². The van der Waals surface area contributed by atoms with E-state index in [1.807, 2.05) is 0 Å². The molecule has 12 N–H and O–H groups in total. The Kier molecular flexibility index (Phi) is 16.0. The Hall–Kier alpha value is -3.42. The first-order valence-electron chi connectivity index (χ1n) is 13.8. The van der Waals surface area contributed by atoms with E-state index >= 15 is 0 Å². The van der Waals surface area contributed by atoms with Crippen LogP contribution in [-0.4, -0.2) is 124 Å². The molecule has 1 saturated heterocycles. The predicted octanol–water partition coefficient (Wildman–Crippen LogP) is -4.71. The summed E-state index contributed by atoms with van der Waals surface area (Å²) in [5.74, 6) is -5.15. The highest BCUT2D eigenvalue weighted by Gasteiger charge is 2.47. The van der Waals surface area contributed by atoms with E-state index in [9.17, 15) is 49.2 Å². The molecule has 1 unspecified atom stereocenters. The van der Waals surface area contributed by atoms with Gasteiger partial charge >= 0.3 is 5.97 Å². The molecule has 43 heavy (non-hydrogen) atoms. The predicted molar refractivity (Wildman–Crippen MR) is 146 cm³/mol. The average molecular weight is 621 g/mol. The number of carbonyl (C=O) groups is 6. The lowest BCUT2D eigenvalue weighted by Crippen LogP contribution is -2.65. The van der Waals surface area contributed by atoms with E-state index in [0.717, 1.165) is 6.92 Å². The monoisotopic (exact) mass is 620 g/mol. The van der Waals surface area contributed by atoms with Gasteiger partial charge in [0.15, 0.2) is 6.29 Å². The molecule has 0 spiro atoms. The highest BCUT2D eigenvalue weighted by atomic mass is 16.6. The molecule has 1 rings (SSSR count). The molecule has 0 aromatic carbocycles. The zero-order valence-corrected chi connectivity index (χ0v) is 24.4. The van der Waals surface area contributed by atoms with Crippen molar-refractivity contribution >= 4 is 35.5 Å². The first-order chi connectivity index (χ1) is 20.1. The molecule has 1 heterocycles. The van der Waals surface area contributed by atoms with Gasteiger partial charge in [-0.25, -0.2) is 4.79 Å². The summed E-state index contributed by atoms with van der Waals surface area (Å²) < 4.78 is 10.7. The maximum atomic E-state index is 12.8. The van der Waals surface area contributed by atoms with Gasteiger partial charge in [-0.3, -0.25) is 24.0 Å². The van der Waals surface area contributed by atoms with E-state index in [1.165, 1.54) is 13.8 Å². The lowest BCUT2D eigenvalue weighted by Gasteiger charge is -2.43. The smallest absolute Gasteiger partial charge is 0.326 e. The minimum atomic E-state index is -1.67. The lowest BCUT2D eigenvalue weighted by molar-refractivity contribution is -0.266. The summed E-state index contributed by atoms with van der Waals surface area (Å²) in [6.07, 6.45) is -6.58. The molecular weight excluding hydrogens is 576 g/mol. The number of carboxylic acids is 1. The molecule has 0 saturated carbocycles. The minimum Gasteiger partial charge on any atom is -0.480 e. The first kappa shape index (κ1) is 37.6. The van der Waals surface area contributed by atoms with Crippen molar-refractivity contribution in [1.82, 2.24) is 21.3 Å². The third-order valence-corrected chi connectivity index (χ3v) is 6.63. The molecule has 1 aliphatic rings. The van der Waals surface area contributed by atoms with Crippen molar-refractivity contribution in [2.24, 2.45) is 11.5 Å². The van der Waals surface area contributed by atoms with Crippen LogP contribution < -0.4 is 32.7 Å². The van der Waals surface area contributed by atoms with Crippen LogP contribution >= 0.6 is 0 Å². The van der Waals surface area contributed by atoms with Crippen LogP contribution in [0.1, 0.15) is 52.9 Å². The van der Waals surface area contributed by atoms with Crippen LogP contribution in [0.3, 0.4) is 0 Å². The zero-order chi connectivity index (χ0) is 32.9. The summed E-state index contributed by atoms with van der Waals surface area (Å²) in [5.41, 5.74) is 10.7. The summed E-state index contributed by atoms with van der Waals surface area (Å²) >= 11 is 0. The first-order valence-corrected chi connectivity index (χ1v) is 13.8. The Morgan fingerprint density at radius 3 is 2.14 bits per heavy atom. The highest BCUT2D eigenvalue weighted by molar-refractivity contribution is 5.92. The summed E-state index contributed by atoms with van der Waals surface area (Å²) in [6.45, 7) is 3.39. The third kappa shape index (κ3) is 12.4. The molecule has 0 radical (unpaired) electrons. The van der Waals surface area contributed by atoms with Gasteiger partial charge in [0.25, 0.3) is 0 Å². The molecule has 18 heteroatoms. The number of hydrogen-bond donors (Lipinski definition) is 10. The van der Waals surface area contributed by atoms with Crippen molar-refractivity contribution in [3.05, 3.63) is 0 Å². The van der Waals surface area contributed by atoms with Gasteiger partial charge in [0.2, 0.25) is 29.5 Å². The van der Waals surface area contributed by atoms with Gasteiger partial charge in [0.1, 0.15) is 48.6 Å². The van der Waals surface area contributed by atoms with Crippen LogP contribution in [0.15, 0.2) is 0 Å². The third-order valence-electron chi connectivity index (χ3n) is 6.63. The van der Waals surface area contributed by atoms with Gasteiger partial charge < -0.3 is 62.6 Å². The fraction of sp³-hybridized carbons (Fsp3) is 0.760. The molecular formula is C25H44N6O12. The number of aliphatic carboxylic acids is 1. The normalized spacial score (nSPS) is 24.5. The fourth-order valence-electron chi connectivity index (χ4n) is 4.20. The molecule has 0 aromatic heterocycles. The number of hydrogen-bond acceptors (Lipinski definition) is 12. The van der Waals surface area contributed by atoms with Crippen molar-refractivity contribution < 1.29 is 58.7 Å². The van der Waals surface area contributed by atoms with Crippen LogP contribution in [-0.2, 0) is 38.2 Å². The second-order valence-corrected chi connectivity index (χ2v) is 10.2. The molecule has 9 atom stereocenters. The molecule has 1 fully saturated rings. The Bertz CT molecular complexity index is 984. The van der Waals surface area contributed by atoms with E-state index in [4.69, 9.17) is 20.9 Å². The lowest BCUT2D eigenvalue weighted by atomic mass is 9.96. The highest BCUT2D eigenvalue weighted by Crippen LogP contribution is 2.23. The molecule has 0 aromatic rings. The van der Waals surface area contributed by atoms with Gasteiger partial charge in [-0.2, -0.15) is 0 Å². The van der Waals surface area contributed by atoms with Crippen molar-refractivity contribution in [2.75, 3.05) is 13.2 Å². The van der Waals surface area contributed by atoms with Gasteiger partial charge in [0, 0.05) is 13.3 Å². The minimum absolute atomic E-state index is 0.164. The number of ether oxygens (including phenoxy) is 2. The number of amides is 5. The van der Waals surface area contributed by atoms with Crippen LogP contribution in [0.4, 0.5) is 0 Å². The standard InChI is InChI=1S/C25H44N6O12/c1-11(22(37)31-14(21(27)36)7-8-17(34)30-15(24(39)40)6-4-5-9-26)28-23(38)12(2)42-20-18(29-13(3)33)25(41)43-16(10-32)19(20)35/h11-12,14-16,18-20,25,32,35,41H,4-10,26H2,1-3H3,(H2,27,36)(H,28,38)(H,29,33)(H,30,34)(H,31,37)(H,39,40)/t11-,12+,14+,15-,16+,18+,19+,20+,25?/m0/s1. The maximum absolute atomic E-state index is 12.8. The largest absolute Gasteiger partial charge is 0.480 e. The number of carbonyl (C=O) groups excluding carboxylic acids is 5. The number of aliphatic hydroxyl groups is 3. The Labute approximate surface area is 248 Å². The van der Waals surface area contributed by atoms with Gasteiger partial charge in [-0.05, 0) is 46.1 Å². The van der Waals surface area contributed by atoms with Crippen molar-refractivity contribution in [1.29, 1.82) is 0 Å². The van der Waals surface area contributed by atoms with Crippen molar-refractivity contribution in [2.45, 2.75) is 108 Å². The summed E-state index contributed by atoms with van der Waals surface area (Å²) in [4.78, 5) is 72.6. The van der Waals surface area contributed by atoms with E-state index in [1.54, 1.807) is 0 Å². The number of aliphatic hydroxyl groups excluding tert-OH is 3. The number of rotatable bonds is 18. The Balaban J connectivity index is 2.74. The summed E-state index contributed by atoms with van der Waals surface area (Å²) in [6, 6.07) is -5.00. The molecule has 1 aliphatic heterocycles. The van der Waals surface area contributed by atoms with Gasteiger partial charge in [-0.15, -0.1) is 0 Å². The van der Waals surface area contributed by atoms with Crippen LogP contribution in [0.25, 0.3) is 0 Å². The topological polar surface area (TPSA) is 302 Å². The van der Waals surface area contributed by atoms with E-state index in [0.29, 0.717) is 19.4 Å². The number of primary amides is 1. The molecule has 0 aliphatic carbocycles. The van der Waals surface area contributed by atoms with Crippen LogP contribution in [0.2, 0.25) is 0 Å². The Morgan fingerprint density at radius 2 is 1.60 bits per heavy atom. The van der Waals surface area contributed by atoms with E-state index in [2.05, 4.69) is 21.3 Å². The number of carboxylic acid groups (broad SMARTS) is 1. The zero-order valence-electron chi connectivity index (χ0n) is 24.4. The fourth-order valence-corrected chi connectivity index (χ4v) is 4.20. The van der Waals surface area contributed by atoms with Crippen molar-refractivity contribution in [3.63, 3.8) is 0 Å². The Morgan fingerprint density at radius 1 is 0.953 bits per heavy atom. The summed E-state index contributed by atoms with van der Waals surface area (Å²) in [5, 5.41) is 48.8. The number of nitrogens with two attached hydrogens (primary N) is 2. The quantitative estimate of drug-likeness (QED) is 0.0645.